The van der Waals surface area contributed by atoms with E-state index in [1.165, 1.54) is 7.11 Å². The number of esters is 1. The lowest BCUT2D eigenvalue weighted by atomic mass is 10.2. The molecule has 1 heterocycles. The number of para-hydroxylation sites is 3. The Morgan fingerprint density at radius 2 is 1.59 bits per heavy atom. The van der Waals surface area contributed by atoms with Gasteiger partial charge in [-0.3, -0.25) is 0 Å². The number of anilines is 2. The molecule has 0 atom stereocenters. The lowest BCUT2D eigenvalue weighted by Gasteiger charge is -2.36. The maximum atomic E-state index is 12.6. The van der Waals surface area contributed by atoms with Crippen LogP contribution in [0.1, 0.15) is 10.4 Å². The molecule has 27 heavy (non-hydrogen) atoms. The molecule has 1 fully saturated rings. The molecule has 0 aromatic heterocycles. The number of ether oxygens (including phenoxy) is 2. The summed E-state index contributed by atoms with van der Waals surface area (Å²) in [5.41, 5.74) is 1.80. The summed E-state index contributed by atoms with van der Waals surface area (Å²) in [4.78, 5) is 28.4. The van der Waals surface area contributed by atoms with Gasteiger partial charge in [0, 0.05) is 26.2 Å². The molecule has 1 aliphatic heterocycles. The molecule has 7 nitrogen and oxygen atoms in total. The molecule has 2 aromatic carbocycles. The van der Waals surface area contributed by atoms with E-state index in [0.29, 0.717) is 37.4 Å². The molecule has 2 amide bonds. The maximum Gasteiger partial charge on any atom is 0.339 e. The fourth-order valence-electron chi connectivity index (χ4n) is 3.12. The van der Waals surface area contributed by atoms with Crippen LogP contribution in [0.25, 0.3) is 0 Å². The van der Waals surface area contributed by atoms with Gasteiger partial charge in [-0.25, -0.2) is 9.59 Å². The van der Waals surface area contributed by atoms with Gasteiger partial charge in [-0.2, -0.15) is 0 Å². The third kappa shape index (κ3) is 4.13. The molecule has 1 N–H and O–H groups in total. The number of piperazine rings is 1. The van der Waals surface area contributed by atoms with Gasteiger partial charge in [-0.1, -0.05) is 24.3 Å². The van der Waals surface area contributed by atoms with Gasteiger partial charge in [-0.05, 0) is 24.3 Å². The van der Waals surface area contributed by atoms with E-state index in [1.54, 1.807) is 36.3 Å². The molecular formula is C20H23N3O4. The largest absolute Gasteiger partial charge is 0.495 e. The summed E-state index contributed by atoms with van der Waals surface area (Å²) >= 11 is 0. The minimum atomic E-state index is -0.480. The van der Waals surface area contributed by atoms with Crippen LogP contribution in [0.2, 0.25) is 0 Å². The Labute approximate surface area is 158 Å². The molecule has 0 saturated carbocycles. The average Bonchev–Trinajstić information content (AvgIpc) is 2.73. The van der Waals surface area contributed by atoms with Gasteiger partial charge in [0.05, 0.1) is 31.2 Å². The third-order valence-electron chi connectivity index (χ3n) is 4.57. The van der Waals surface area contributed by atoms with Crippen LogP contribution >= 0.6 is 0 Å². The highest BCUT2D eigenvalue weighted by Crippen LogP contribution is 2.28. The summed E-state index contributed by atoms with van der Waals surface area (Å²) in [6.07, 6.45) is 0. The fourth-order valence-corrected chi connectivity index (χ4v) is 3.12. The van der Waals surface area contributed by atoms with Crippen LogP contribution in [-0.2, 0) is 4.74 Å². The van der Waals surface area contributed by atoms with Crippen LogP contribution in [0.5, 0.6) is 5.75 Å². The predicted octanol–water partition coefficient (Wildman–Crippen LogP) is 2.84. The van der Waals surface area contributed by atoms with E-state index in [4.69, 9.17) is 9.47 Å². The van der Waals surface area contributed by atoms with Crippen molar-refractivity contribution in [2.24, 2.45) is 0 Å². The van der Waals surface area contributed by atoms with Gasteiger partial charge in [0.1, 0.15) is 5.75 Å². The van der Waals surface area contributed by atoms with Gasteiger partial charge < -0.3 is 24.6 Å². The Hall–Kier alpha value is -3.22. The molecule has 3 rings (SSSR count). The molecule has 1 saturated heterocycles. The van der Waals surface area contributed by atoms with Gasteiger partial charge in [-0.15, -0.1) is 0 Å². The zero-order chi connectivity index (χ0) is 19.2. The number of urea groups is 1. The second kappa shape index (κ2) is 8.44. The topological polar surface area (TPSA) is 71.1 Å². The molecule has 0 unspecified atom stereocenters. The maximum absolute atomic E-state index is 12.6. The van der Waals surface area contributed by atoms with Gasteiger partial charge in [0.15, 0.2) is 0 Å². The number of hydrogen-bond acceptors (Lipinski definition) is 5. The summed E-state index contributed by atoms with van der Waals surface area (Å²) in [7, 11) is 2.97. The Morgan fingerprint density at radius 1 is 0.926 bits per heavy atom. The molecule has 0 radical (unpaired) electrons. The van der Waals surface area contributed by atoms with E-state index in [0.717, 1.165) is 11.4 Å². The number of rotatable bonds is 4. The third-order valence-corrected chi connectivity index (χ3v) is 4.57. The number of nitrogens with one attached hydrogen (secondary N) is 1. The average molecular weight is 369 g/mol. The second-order valence-corrected chi connectivity index (χ2v) is 6.11. The highest BCUT2D eigenvalue weighted by molar-refractivity contribution is 6.00. The van der Waals surface area contributed by atoms with Crippen molar-refractivity contribution in [3.63, 3.8) is 0 Å². The second-order valence-electron chi connectivity index (χ2n) is 6.11. The number of methoxy groups -OCH3 is 2. The normalized spacial score (nSPS) is 13.9. The molecule has 1 aliphatic rings. The van der Waals surface area contributed by atoms with Crippen molar-refractivity contribution >= 4 is 23.4 Å². The minimum absolute atomic E-state index is 0.231. The summed E-state index contributed by atoms with van der Waals surface area (Å²) in [5.74, 6) is 0.342. The summed E-state index contributed by atoms with van der Waals surface area (Å²) < 4.78 is 10.2. The van der Waals surface area contributed by atoms with Crippen molar-refractivity contribution in [2.75, 3.05) is 50.6 Å². The number of hydrogen-bond donors (Lipinski definition) is 1. The molecule has 0 bridgehead atoms. The molecule has 2 aromatic rings. The summed E-state index contributed by atoms with van der Waals surface area (Å²) in [5, 5.41) is 2.82. The van der Waals surface area contributed by atoms with Crippen molar-refractivity contribution < 1.29 is 19.1 Å². The highest BCUT2D eigenvalue weighted by Gasteiger charge is 2.24. The van der Waals surface area contributed by atoms with Gasteiger partial charge in [0.2, 0.25) is 0 Å². The van der Waals surface area contributed by atoms with Crippen molar-refractivity contribution in [3.05, 3.63) is 54.1 Å². The summed E-state index contributed by atoms with van der Waals surface area (Å²) in [6.45, 7) is 2.55. The zero-order valence-electron chi connectivity index (χ0n) is 15.5. The molecular weight excluding hydrogens is 346 g/mol. The van der Waals surface area contributed by atoms with Crippen LogP contribution in [0.3, 0.4) is 0 Å². The number of carbonyl (C=O) groups excluding carboxylic acids is 2. The van der Waals surface area contributed by atoms with Crippen LogP contribution in [0, 0.1) is 0 Å². The first kappa shape index (κ1) is 18.6. The Balaban J connectivity index is 1.63. The van der Waals surface area contributed by atoms with Crippen LogP contribution in [0.4, 0.5) is 16.2 Å². The first-order valence-corrected chi connectivity index (χ1v) is 8.75. The zero-order valence-corrected chi connectivity index (χ0v) is 15.5. The Morgan fingerprint density at radius 3 is 2.30 bits per heavy atom. The van der Waals surface area contributed by atoms with Crippen molar-refractivity contribution in [1.29, 1.82) is 0 Å². The smallest absolute Gasteiger partial charge is 0.339 e. The Bertz CT molecular complexity index is 816. The van der Waals surface area contributed by atoms with Crippen molar-refractivity contribution in [2.45, 2.75) is 0 Å². The summed E-state index contributed by atoms with van der Waals surface area (Å²) in [6, 6.07) is 14.4. The predicted molar refractivity (Wildman–Crippen MR) is 104 cm³/mol. The highest BCUT2D eigenvalue weighted by atomic mass is 16.5. The fraction of sp³-hybridized carbons (Fsp3) is 0.300. The number of amides is 2. The van der Waals surface area contributed by atoms with Gasteiger partial charge >= 0.3 is 12.0 Å². The lowest BCUT2D eigenvalue weighted by molar-refractivity contribution is 0.0602. The van der Waals surface area contributed by atoms with E-state index in [2.05, 4.69) is 10.2 Å². The van der Waals surface area contributed by atoms with E-state index >= 15 is 0 Å². The Kier molecular flexibility index (Phi) is 5.80. The number of benzene rings is 2. The molecule has 0 spiro atoms. The van der Waals surface area contributed by atoms with Crippen molar-refractivity contribution in [3.8, 4) is 5.75 Å². The first-order chi connectivity index (χ1) is 13.1. The quantitative estimate of drug-likeness (QED) is 0.839. The molecule has 0 aliphatic carbocycles. The standard InChI is InChI=1S/C20H23N3O4/c1-26-18-10-6-5-9-17(18)22-11-13-23(14-12-22)20(25)21-16-8-4-3-7-15(16)19(24)27-2/h3-10H,11-14H2,1-2H3,(H,21,25). The molecule has 142 valence electrons. The van der Waals surface area contributed by atoms with Crippen molar-refractivity contribution in [1.82, 2.24) is 4.90 Å². The van der Waals surface area contributed by atoms with Gasteiger partial charge in [0.25, 0.3) is 0 Å². The van der Waals surface area contributed by atoms with E-state index in [9.17, 15) is 9.59 Å². The monoisotopic (exact) mass is 369 g/mol. The van der Waals surface area contributed by atoms with Crippen LogP contribution in [0.15, 0.2) is 48.5 Å². The minimum Gasteiger partial charge on any atom is -0.495 e. The van der Waals surface area contributed by atoms with E-state index in [1.807, 2.05) is 24.3 Å². The van der Waals surface area contributed by atoms with E-state index in [-0.39, 0.29) is 6.03 Å². The molecule has 7 heteroatoms. The van der Waals surface area contributed by atoms with E-state index < -0.39 is 5.97 Å². The van der Waals surface area contributed by atoms with Crippen LogP contribution in [-0.4, -0.2) is 57.3 Å². The first-order valence-electron chi connectivity index (χ1n) is 8.75. The van der Waals surface area contributed by atoms with Crippen LogP contribution < -0.4 is 15.0 Å². The number of nitrogens with zero attached hydrogens (tertiary/aromatic N) is 2. The number of carbonyl (C=O) groups is 2. The SMILES string of the molecule is COC(=O)c1ccccc1NC(=O)N1CCN(c2ccccc2OC)CC1. The lowest BCUT2D eigenvalue weighted by Crippen LogP contribution is -2.50.